The fourth-order valence-corrected chi connectivity index (χ4v) is 3.40. The van der Waals surface area contributed by atoms with E-state index in [1.807, 2.05) is 13.8 Å². The highest BCUT2D eigenvalue weighted by Gasteiger charge is 2.44. The molecule has 1 aliphatic heterocycles. The third-order valence-electron chi connectivity index (χ3n) is 2.59. The van der Waals surface area contributed by atoms with Crippen molar-refractivity contribution >= 4 is 17.7 Å². The van der Waals surface area contributed by atoms with Crippen molar-refractivity contribution in [2.24, 2.45) is 17.0 Å². The molecular formula is C10H17NO3S. The van der Waals surface area contributed by atoms with Gasteiger partial charge in [0, 0.05) is 11.0 Å². The highest BCUT2D eigenvalue weighted by molar-refractivity contribution is 8.00. The molecule has 0 aromatic carbocycles. The van der Waals surface area contributed by atoms with Crippen molar-refractivity contribution in [3.8, 4) is 0 Å². The van der Waals surface area contributed by atoms with Crippen LogP contribution in [0.5, 0.6) is 0 Å². The number of ether oxygens (including phenoxy) is 1. The first kappa shape index (κ1) is 12.5. The Labute approximate surface area is 94.1 Å². The van der Waals surface area contributed by atoms with Gasteiger partial charge < -0.3 is 4.74 Å². The van der Waals surface area contributed by atoms with Gasteiger partial charge in [0.15, 0.2) is 0 Å². The Hall–Kier alpha value is -0.580. The molecule has 0 radical (unpaired) electrons. The lowest BCUT2D eigenvalue weighted by atomic mass is 9.94. The van der Waals surface area contributed by atoms with Crippen LogP contribution in [0.25, 0.3) is 0 Å². The number of carbonyl (C=O) groups excluding carboxylic acids is 1. The summed E-state index contributed by atoms with van der Waals surface area (Å²) in [6, 6.07) is -0.422. The van der Waals surface area contributed by atoms with Gasteiger partial charge in [-0.1, -0.05) is 19.0 Å². The molecule has 0 N–H and O–H groups in total. The topological polar surface area (TPSA) is 55.7 Å². The Morgan fingerprint density at radius 1 is 1.60 bits per heavy atom. The number of nitroso groups, excluding NO2 is 1. The van der Waals surface area contributed by atoms with Gasteiger partial charge in [-0.25, -0.2) is 0 Å². The Morgan fingerprint density at radius 3 is 2.73 bits per heavy atom. The lowest BCUT2D eigenvalue weighted by Crippen LogP contribution is -2.32. The maximum absolute atomic E-state index is 11.5. The van der Waals surface area contributed by atoms with E-state index in [0.717, 1.165) is 0 Å². The predicted molar refractivity (Wildman–Crippen MR) is 60.8 cm³/mol. The largest absolute Gasteiger partial charge is 0.466 e. The minimum atomic E-state index is -0.422. The van der Waals surface area contributed by atoms with Gasteiger partial charge in [-0.15, -0.1) is 0 Å². The number of rotatable bonds is 4. The van der Waals surface area contributed by atoms with E-state index in [0.29, 0.717) is 18.3 Å². The van der Waals surface area contributed by atoms with Crippen LogP contribution in [0.3, 0.4) is 0 Å². The van der Waals surface area contributed by atoms with Crippen molar-refractivity contribution in [2.75, 3.05) is 12.4 Å². The minimum Gasteiger partial charge on any atom is -0.466 e. The van der Waals surface area contributed by atoms with Gasteiger partial charge in [-0.3, -0.25) is 4.79 Å². The van der Waals surface area contributed by atoms with Crippen LogP contribution in [-0.4, -0.2) is 29.6 Å². The molecule has 1 rings (SSSR count). The molecule has 86 valence electrons. The average molecular weight is 231 g/mol. The molecule has 0 aromatic rings. The molecule has 1 heterocycles. The molecule has 5 heteroatoms. The van der Waals surface area contributed by atoms with E-state index in [9.17, 15) is 9.70 Å². The number of carbonyl (C=O) groups is 1. The van der Waals surface area contributed by atoms with Crippen LogP contribution in [-0.2, 0) is 9.53 Å². The fraction of sp³-hybridized carbons (Fsp3) is 0.900. The van der Waals surface area contributed by atoms with Crippen molar-refractivity contribution in [3.63, 3.8) is 0 Å². The first-order valence-corrected chi connectivity index (χ1v) is 6.27. The van der Waals surface area contributed by atoms with Crippen LogP contribution >= 0.6 is 11.8 Å². The van der Waals surface area contributed by atoms with E-state index < -0.39 is 6.04 Å². The van der Waals surface area contributed by atoms with Crippen molar-refractivity contribution in [2.45, 2.75) is 32.1 Å². The first-order valence-electron chi connectivity index (χ1n) is 5.22. The SMILES string of the molecule is CCOC(=O)C1CSC(C(C)C)C1N=O. The number of esters is 1. The smallest absolute Gasteiger partial charge is 0.312 e. The maximum Gasteiger partial charge on any atom is 0.312 e. The molecule has 0 spiro atoms. The van der Waals surface area contributed by atoms with Crippen LogP contribution in [0.15, 0.2) is 5.18 Å². The Kier molecular flexibility index (Phi) is 4.57. The lowest BCUT2D eigenvalue weighted by molar-refractivity contribution is -0.147. The standard InChI is InChI=1S/C10H17NO3S/c1-4-14-10(12)7-5-15-9(6(2)3)8(7)11-13/h6-9H,4-5H2,1-3H3. The van der Waals surface area contributed by atoms with Crippen LogP contribution in [0.2, 0.25) is 0 Å². The summed E-state index contributed by atoms with van der Waals surface area (Å²) in [4.78, 5) is 22.3. The van der Waals surface area contributed by atoms with Crippen molar-refractivity contribution < 1.29 is 9.53 Å². The zero-order chi connectivity index (χ0) is 11.4. The summed E-state index contributed by atoms with van der Waals surface area (Å²) in [5.74, 6) is 0.382. The monoisotopic (exact) mass is 231 g/mol. The average Bonchev–Trinajstić information content (AvgIpc) is 2.61. The molecule has 3 unspecified atom stereocenters. The van der Waals surface area contributed by atoms with Gasteiger partial charge in [-0.05, 0) is 12.8 Å². The molecule has 0 saturated carbocycles. The number of hydrogen-bond donors (Lipinski definition) is 0. The highest BCUT2D eigenvalue weighted by Crippen LogP contribution is 2.38. The number of hydrogen-bond acceptors (Lipinski definition) is 5. The molecule has 0 amide bonds. The maximum atomic E-state index is 11.5. The second-order valence-corrected chi connectivity index (χ2v) is 5.21. The van der Waals surface area contributed by atoms with Gasteiger partial charge in [0.25, 0.3) is 0 Å². The Balaban J connectivity index is 2.68. The summed E-state index contributed by atoms with van der Waals surface area (Å²) < 4.78 is 4.93. The molecule has 1 fully saturated rings. The minimum absolute atomic E-state index is 0.150. The Bertz CT molecular complexity index is 245. The van der Waals surface area contributed by atoms with Crippen molar-refractivity contribution in [1.29, 1.82) is 0 Å². The molecule has 1 aliphatic rings. The molecule has 15 heavy (non-hydrogen) atoms. The van der Waals surface area contributed by atoms with E-state index in [1.54, 1.807) is 18.7 Å². The summed E-state index contributed by atoms with van der Waals surface area (Å²) in [6.07, 6.45) is 0. The molecule has 3 atom stereocenters. The second-order valence-electron chi connectivity index (χ2n) is 4.00. The summed E-state index contributed by atoms with van der Waals surface area (Å²) in [5.41, 5.74) is 0. The van der Waals surface area contributed by atoms with Crippen LogP contribution < -0.4 is 0 Å². The number of nitrogens with zero attached hydrogens (tertiary/aromatic N) is 1. The van der Waals surface area contributed by atoms with E-state index in [-0.39, 0.29) is 17.1 Å². The second kappa shape index (κ2) is 5.49. The zero-order valence-corrected chi connectivity index (χ0v) is 10.1. The van der Waals surface area contributed by atoms with Crippen LogP contribution in [0.4, 0.5) is 0 Å². The lowest BCUT2D eigenvalue weighted by Gasteiger charge is -2.18. The predicted octanol–water partition coefficient (Wildman–Crippen LogP) is 2.07. The highest BCUT2D eigenvalue weighted by atomic mass is 32.2. The van der Waals surface area contributed by atoms with E-state index in [1.165, 1.54) is 0 Å². The molecule has 0 bridgehead atoms. The van der Waals surface area contributed by atoms with Gasteiger partial charge in [0.1, 0.15) is 6.04 Å². The van der Waals surface area contributed by atoms with Crippen molar-refractivity contribution in [3.05, 3.63) is 4.91 Å². The molecule has 4 nitrogen and oxygen atoms in total. The summed E-state index contributed by atoms with van der Waals surface area (Å²) in [7, 11) is 0. The van der Waals surface area contributed by atoms with Crippen LogP contribution in [0, 0.1) is 16.7 Å². The molecule has 0 aliphatic carbocycles. The quantitative estimate of drug-likeness (QED) is 0.549. The van der Waals surface area contributed by atoms with E-state index in [2.05, 4.69) is 5.18 Å². The zero-order valence-electron chi connectivity index (χ0n) is 9.30. The third kappa shape index (κ3) is 2.71. The molecule has 0 aromatic heterocycles. The number of thioether (sulfide) groups is 1. The van der Waals surface area contributed by atoms with Crippen molar-refractivity contribution in [1.82, 2.24) is 0 Å². The van der Waals surface area contributed by atoms with Gasteiger partial charge >= 0.3 is 5.97 Å². The van der Waals surface area contributed by atoms with Gasteiger partial charge in [0.05, 0.1) is 12.5 Å². The normalized spacial score (nSPS) is 30.5. The van der Waals surface area contributed by atoms with Crippen LogP contribution in [0.1, 0.15) is 20.8 Å². The van der Waals surface area contributed by atoms with Gasteiger partial charge in [0.2, 0.25) is 0 Å². The van der Waals surface area contributed by atoms with E-state index in [4.69, 9.17) is 4.74 Å². The first-order chi connectivity index (χ1) is 7.11. The summed E-state index contributed by atoms with van der Waals surface area (Å²) >= 11 is 1.65. The Morgan fingerprint density at radius 2 is 2.27 bits per heavy atom. The van der Waals surface area contributed by atoms with E-state index >= 15 is 0 Å². The third-order valence-corrected chi connectivity index (χ3v) is 4.34. The van der Waals surface area contributed by atoms with Gasteiger partial charge in [-0.2, -0.15) is 16.7 Å². The summed E-state index contributed by atoms with van der Waals surface area (Å²) in [5, 5.41) is 3.25. The summed E-state index contributed by atoms with van der Waals surface area (Å²) in [6.45, 7) is 6.22. The fourth-order valence-electron chi connectivity index (χ4n) is 1.82. The molecular weight excluding hydrogens is 214 g/mol. The molecule has 1 saturated heterocycles.